The van der Waals surface area contributed by atoms with Crippen molar-refractivity contribution >= 4 is 49.7 Å². The van der Waals surface area contributed by atoms with E-state index in [9.17, 15) is 8.42 Å². The van der Waals surface area contributed by atoms with Gasteiger partial charge in [-0.1, -0.05) is 17.7 Å². The van der Waals surface area contributed by atoms with Gasteiger partial charge in [0.2, 0.25) is 0 Å². The Morgan fingerprint density at radius 3 is 2.64 bits per heavy atom. The summed E-state index contributed by atoms with van der Waals surface area (Å²) in [5.41, 5.74) is 4.68. The lowest BCUT2D eigenvalue weighted by atomic mass is 9.74. The first-order chi connectivity index (χ1) is 18.7. The highest BCUT2D eigenvalue weighted by Crippen LogP contribution is 2.39. The highest BCUT2D eigenvalue weighted by molar-refractivity contribution is 7.89. The molecule has 2 fully saturated rings. The van der Waals surface area contributed by atoms with Gasteiger partial charge in [-0.25, -0.2) is 18.4 Å². The van der Waals surface area contributed by atoms with Gasteiger partial charge in [-0.05, 0) is 18.2 Å². The molecule has 0 aliphatic carbocycles. The van der Waals surface area contributed by atoms with Gasteiger partial charge < -0.3 is 20.3 Å². The van der Waals surface area contributed by atoms with Crippen molar-refractivity contribution in [2.75, 3.05) is 49.8 Å². The van der Waals surface area contributed by atoms with E-state index in [1.165, 1.54) is 18.6 Å². The van der Waals surface area contributed by atoms with Crippen molar-refractivity contribution in [3.8, 4) is 5.75 Å². The van der Waals surface area contributed by atoms with Crippen molar-refractivity contribution in [1.29, 1.82) is 0 Å². The molecule has 0 radical (unpaired) electrons. The first kappa shape index (κ1) is 25.7. The highest BCUT2D eigenvalue weighted by atomic mass is 35.5. The predicted molar refractivity (Wildman–Crippen MR) is 152 cm³/mol. The van der Waals surface area contributed by atoms with E-state index in [2.05, 4.69) is 53.7 Å². The van der Waals surface area contributed by atoms with E-state index in [0.29, 0.717) is 50.8 Å². The average Bonchev–Trinajstić information content (AvgIpc) is 2.85. The Hall–Kier alpha value is -3.54. The zero-order valence-corrected chi connectivity index (χ0v) is 23.2. The molecule has 12 heteroatoms. The second-order valence-electron chi connectivity index (χ2n) is 10.3. The number of halogens is 1. The number of benzene rings is 2. The molecule has 2 aromatic carbocycles. The van der Waals surface area contributed by atoms with Crippen LogP contribution in [0.3, 0.4) is 0 Å². The maximum atomic E-state index is 12.2. The smallest absolute Gasteiger partial charge is 0.152 e. The molecule has 2 saturated heterocycles. The molecular formula is C27H28ClN7O3S. The summed E-state index contributed by atoms with van der Waals surface area (Å²) < 4.78 is 30.2. The molecule has 4 aromatic rings. The van der Waals surface area contributed by atoms with Crippen molar-refractivity contribution in [2.24, 2.45) is 5.41 Å². The molecule has 0 amide bonds. The molecule has 2 aliphatic rings. The zero-order chi connectivity index (χ0) is 27.2. The standard InChI is InChI=1S/C27H28ClN7O3S/c1-38-23-10-18(35-15-27(16-35)13-29-14-27)4-3-17(23)9-24-32-11-20(28)26(34-24)33-21-5-6-22-25(31-8-7-30-22)19(21)12-39(2,36)37/h3-8,10-11,29H,9,12-16H2,1-2H3,(H,32,33,34). The van der Waals surface area contributed by atoms with Gasteiger partial charge in [-0.15, -0.1) is 0 Å². The number of hydrogen-bond donors (Lipinski definition) is 2. The van der Waals surface area contributed by atoms with Crippen molar-refractivity contribution in [1.82, 2.24) is 25.3 Å². The number of anilines is 3. The quantitative estimate of drug-likeness (QED) is 0.329. The third kappa shape index (κ3) is 5.21. The van der Waals surface area contributed by atoms with Crippen LogP contribution in [0.2, 0.25) is 5.02 Å². The summed E-state index contributed by atoms with van der Waals surface area (Å²) in [6.07, 6.45) is 6.26. The van der Waals surface area contributed by atoms with Gasteiger partial charge >= 0.3 is 0 Å². The minimum absolute atomic E-state index is 0.209. The summed E-state index contributed by atoms with van der Waals surface area (Å²) in [7, 11) is -1.69. The summed E-state index contributed by atoms with van der Waals surface area (Å²) in [6, 6.07) is 9.77. The van der Waals surface area contributed by atoms with Crippen molar-refractivity contribution in [3.05, 3.63) is 70.9 Å². The van der Waals surface area contributed by atoms with Crippen molar-refractivity contribution < 1.29 is 13.2 Å². The second kappa shape index (κ2) is 9.89. The lowest BCUT2D eigenvalue weighted by molar-refractivity contribution is 0.121. The van der Waals surface area contributed by atoms with Crippen LogP contribution >= 0.6 is 11.6 Å². The molecule has 2 aliphatic heterocycles. The van der Waals surface area contributed by atoms with Gasteiger partial charge in [0.05, 0.1) is 30.1 Å². The molecule has 202 valence electrons. The van der Waals surface area contributed by atoms with Crippen LogP contribution in [0.15, 0.2) is 48.9 Å². The molecule has 2 N–H and O–H groups in total. The number of nitrogens with zero attached hydrogens (tertiary/aromatic N) is 5. The van der Waals surface area contributed by atoms with Crippen molar-refractivity contribution in [3.63, 3.8) is 0 Å². The number of sulfone groups is 1. The third-order valence-corrected chi connectivity index (χ3v) is 8.33. The molecule has 0 atom stereocenters. The number of methoxy groups -OCH3 is 1. The fourth-order valence-corrected chi connectivity index (χ4v) is 6.17. The van der Waals surface area contributed by atoms with Gasteiger partial charge in [-0.2, -0.15) is 0 Å². The molecule has 2 aromatic heterocycles. The minimum atomic E-state index is -3.36. The molecule has 6 rings (SSSR count). The highest BCUT2D eigenvalue weighted by Gasteiger charge is 2.47. The third-order valence-electron chi connectivity index (χ3n) is 7.24. The van der Waals surface area contributed by atoms with E-state index in [1.807, 2.05) is 0 Å². The molecule has 0 unspecified atom stereocenters. The number of nitrogens with one attached hydrogen (secondary N) is 2. The molecule has 10 nitrogen and oxygen atoms in total. The van der Waals surface area contributed by atoms with Gasteiger partial charge in [0, 0.05) is 85.2 Å². The summed E-state index contributed by atoms with van der Waals surface area (Å²) >= 11 is 6.46. The van der Waals surface area contributed by atoms with Crippen LogP contribution in [-0.2, 0) is 22.0 Å². The number of ether oxygens (including phenoxy) is 1. The Labute approximate surface area is 231 Å². The Bertz CT molecular complexity index is 1670. The van der Waals surface area contributed by atoms with Crippen LogP contribution in [0.25, 0.3) is 11.0 Å². The van der Waals surface area contributed by atoms with Crippen LogP contribution in [0.1, 0.15) is 17.0 Å². The summed E-state index contributed by atoms with van der Waals surface area (Å²) in [6.45, 7) is 4.29. The van der Waals surface area contributed by atoms with E-state index in [4.69, 9.17) is 16.3 Å². The Kier molecular flexibility index (Phi) is 6.52. The van der Waals surface area contributed by atoms with Crippen LogP contribution in [0.4, 0.5) is 17.2 Å². The van der Waals surface area contributed by atoms with Crippen LogP contribution in [0, 0.1) is 5.41 Å². The molecule has 4 heterocycles. The van der Waals surface area contributed by atoms with Crippen LogP contribution in [-0.4, -0.2) is 67.9 Å². The van der Waals surface area contributed by atoms with E-state index in [-0.39, 0.29) is 5.75 Å². The number of fused-ring (bicyclic) bond motifs is 1. The van der Waals surface area contributed by atoms with Crippen LogP contribution < -0.4 is 20.3 Å². The lowest BCUT2D eigenvalue weighted by Gasteiger charge is -2.57. The van der Waals surface area contributed by atoms with Gasteiger partial charge in [0.25, 0.3) is 0 Å². The van der Waals surface area contributed by atoms with E-state index in [1.54, 1.807) is 25.4 Å². The fraction of sp³-hybridized carbons (Fsp3) is 0.333. The van der Waals surface area contributed by atoms with E-state index < -0.39 is 9.84 Å². The summed E-state index contributed by atoms with van der Waals surface area (Å²) in [4.78, 5) is 20.1. The maximum Gasteiger partial charge on any atom is 0.152 e. The monoisotopic (exact) mass is 565 g/mol. The maximum absolute atomic E-state index is 12.2. The first-order valence-electron chi connectivity index (χ1n) is 12.5. The Morgan fingerprint density at radius 1 is 1.13 bits per heavy atom. The van der Waals surface area contributed by atoms with Crippen molar-refractivity contribution in [2.45, 2.75) is 12.2 Å². The SMILES string of the molecule is COc1cc(N2CC3(CNC3)C2)ccc1Cc1ncc(Cl)c(Nc2ccc3nccnc3c2CS(C)(=O)=O)n1. The Morgan fingerprint density at radius 2 is 1.92 bits per heavy atom. The molecule has 0 saturated carbocycles. The normalized spacial score (nSPS) is 16.1. The number of aromatic nitrogens is 4. The van der Waals surface area contributed by atoms with Crippen LogP contribution in [0.5, 0.6) is 5.75 Å². The lowest BCUT2D eigenvalue weighted by Crippen LogP contribution is -2.71. The topological polar surface area (TPSA) is 122 Å². The largest absolute Gasteiger partial charge is 0.496 e. The number of hydrogen-bond acceptors (Lipinski definition) is 10. The summed E-state index contributed by atoms with van der Waals surface area (Å²) in [5, 5.41) is 6.88. The number of rotatable bonds is 8. The zero-order valence-electron chi connectivity index (χ0n) is 21.6. The fourth-order valence-electron chi connectivity index (χ4n) is 5.22. The van der Waals surface area contributed by atoms with Gasteiger partial charge in [0.1, 0.15) is 16.6 Å². The first-order valence-corrected chi connectivity index (χ1v) is 15.0. The average molecular weight is 566 g/mol. The molecular weight excluding hydrogens is 538 g/mol. The predicted octanol–water partition coefficient (Wildman–Crippen LogP) is 3.37. The van der Waals surface area contributed by atoms with E-state index in [0.717, 1.165) is 43.2 Å². The molecule has 1 spiro atoms. The van der Waals surface area contributed by atoms with Gasteiger partial charge in [-0.3, -0.25) is 9.97 Å². The second-order valence-corrected chi connectivity index (χ2v) is 12.9. The Balaban J connectivity index is 1.26. The summed E-state index contributed by atoms with van der Waals surface area (Å²) in [5.74, 6) is 1.48. The minimum Gasteiger partial charge on any atom is -0.496 e. The van der Waals surface area contributed by atoms with Gasteiger partial charge in [0.15, 0.2) is 15.7 Å². The molecule has 39 heavy (non-hydrogen) atoms. The van der Waals surface area contributed by atoms with E-state index >= 15 is 0 Å². The molecule has 0 bridgehead atoms.